The van der Waals surface area contributed by atoms with Crippen LogP contribution in [0.3, 0.4) is 0 Å². The molecule has 0 saturated carbocycles. The molecule has 0 unspecified atom stereocenters. The molecule has 1 N–H and O–H groups in total. The van der Waals surface area contributed by atoms with Crippen LogP contribution in [0.5, 0.6) is 0 Å². The van der Waals surface area contributed by atoms with Gasteiger partial charge < -0.3 is 10.2 Å². The minimum absolute atomic E-state index is 0.126. The van der Waals surface area contributed by atoms with E-state index in [-0.39, 0.29) is 17.9 Å². The number of rotatable bonds is 4. The third-order valence-electron chi connectivity index (χ3n) is 5.42. The standard InChI is InChI=1S/C20H25N5O2/c1-23-10-9-17(22-23)20(27)21-16-7-11-24(12-8-16)14-19(26)25-13-6-15-4-2-3-5-18(15)25/h2-5,9-10,16H,6-8,11-14H2,1H3,(H,21,27). The molecule has 7 nitrogen and oxygen atoms in total. The maximum absolute atomic E-state index is 12.7. The van der Waals surface area contributed by atoms with Crippen LogP contribution in [0.1, 0.15) is 28.9 Å². The molecule has 1 fully saturated rings. The summed E-state index contributed by atoms with van der Waals surface area (Å²) in [5.41, 5.74) is 2.75. The van der Waals surface area contributed by atoms with Gasteiger partial charge in [-0.25, -0.2) is 0 Å². The number of piperidine rings is 1. The van der Waals surface area contributed by atoms with E-state index in [1.54, 1.807) is 24.0 Å². The lowest BCUT2D eigenvalue weighted by Gasteiger charge is -2.32. The second kappa shape index (κ2) is 7.52. The second-order valence-electron chi connectivity index (χ2n) is 7.32. The van der Waals surface area contributed by atoms with Gasteiger partial charge in [0.05, 0.1) is 6.54 Å². The number of likely N-dealkylation sites (tertiary alicyclic amines) is 1. The number of benzene rings is 1. The molecule has 1 aromatic carbocycles. The van der Waals surface area contributed by atoms with Crippen molar-refractivity contribution in [1.82, 2.24) is 20.0 Å². The molecule has 1 aromatic heterocycles. The Bertz CT molecular complexity index is 838. The van der Waals surface area contributed by atoms with E-state index < -0.39 is 0 Å². The van der Waals surface area contributed by atoms with Crippen molar-refractivity contribution in [2.45, 2.75) is 25.3 Å². The third-order valence-corrected chi connectivity index (χ3v) is 5.42. The van der Waals surface area contributed by atoms with Gasteiger partial charge in [0.15, 0.2) is 0 Å². The van der Waals surface area contributed by atoms with E-state index in [1.807, 2.05) is 23.1 Å². The fraction of sp³-hybridized carbons (Fsp3) is 0.450. The van der Waals surface area contributed by atoms with Crippen molar-refractivity contribution in [3.63, 3.8) is 0 Å². The summed E-state index contributed by atoms with van der Waals surface area (Å²) in [6.07, 6.45) is 4.40. The quantitative estimate of drug-likeness (QED) is 0.882. The predicted octanol–water partition coefficient (Wildman–Crippen LogP) is 1.20. The van der Waals surface area contributed by atoms with Crippen LogP contribution in [0.4, 0.5) is 5.69 Å². The summed E-state index contributed by atoms with van der Waals surface area (Å²) in [6.45, 7) is 2.84. The number of carbonyl (C=O) groups is 2. The summed E-state index contributed by atoms with van der Waals surface area (Å²) >= 11 is 0. The monoisotopic (exact) mass is 367 g/mol. The Kier molecular flexibility index (Phi) is 4.94. The molecule has 0 bridgehead atoms. The summed E-state index contributed by atoms with van der Waals surface area (Å²) in [4.78, 5) is 29.0. The lowest BCUT2D eigenvalue weighted by molar-refractivity contribution is -0.119. The molecule has 3 heterocycles. The number of aryl methyl sites for hydroxylation is 1. The summed E-state index contributed by atoms with van der Waals surface area (Å²) in [7, 11) is 1.80. The number of nitrogens with zero attached hydrogens (tertiary/aromatic N) is 4. The van der Waals surface area contributed by atoms with Gasteiger partial charge in [-0.15, -0.1) is 0 Å². The highest BCUT2D eigenvalue weighted by atomic mass is 16.2. The van der Waals surface area contributed by atoms with Crippen molar-refractivity contribution in [2.24, 2.45) is 7.05 Å². The van der Waals surface area contributed by atoms with Crippen LogP contribution in [0.15, 0.2) is 36.5 Å². The molecular formula is C20H25N5O2. The Morgan fingerprint density at radius 1 is 1.15 bits per heavy atom. The van der Waals surface area contributed by atoms with Crippen molar-refractivity contribution in [2.75, 3.05) is 31.1 Å². The Morgan fingerprint density at radius 3 is 2.67 bits per heavy atom. The van der Waals surface area contributed by atoms with Crippen LogP contribution in [-0.2, 0) is 18.3 Å². The number of aromatic nitrogens is 2. The van der Waals surface area contributed by atoms with E-state index in [1.165, 1.54) is 5.56 Å². The van der Waals surface area contributed by atoms with Crippen LogP contribution in [-0.4, -0.2) is 58.7 Å². The molecular weight excluding hydrogens is 342 g/mol. The number of hydrogen-bond acceptors (Lipinski definition) is 4. The van der Waals surface area contributed by atoms with Gasteiger partial charge in [-0.2, -0.15) is 5.10 Å². The Balaban J connectivity index is 1.26. The minimum Gasteiger partial charge on any atom is -0.348 e. The molecule has 0 atom stereocenters. The molecule has 0 radical (unpaired) electrons. The largest absolute Gasteiger partial charge is 0.348 e. The van der Waals surface area contributed by atoms with Crippen molar-refractivity contribution in [1.29, 1.82) is 0 Å². The molecule has 2 aliphatic heterocycles. The molecule has 2 amide bonds. The molecule has 2 aliphatic rings. The van der Waals surface area contributed by atoms with Crippen molar-refractivity contribution in [3.8, 4) is 0 Å². The minimum atomic E-state index is -0.126. The van der Waals surface area contributed by atoms with Gasteiger partial charge in [-0.3, -0.25) is 19.2 Å². The highest BCUT2D eigenvalue weighted by molar-refractivity contribution is 5.96. The Morgan fingerprint density at radius 2 is 1.93 bits per heavy atom. The third kappa shape index (κ3) is 3.88. The average Bonchev–Trinajstić information content (AvgIpc) is 3.29. The van der Waals surface area contributed by atoms with E-state index >= 15 is 0 Å². The highest BCUT2D eigenvalue weighted by Crippen LogP contribution is 2.27. The average molecular weight is 367 g/mol. The van der Waals surface area contributed by atoms with Crippen LogP contribution < -0.4 is 10.2 Å². The number of carbonyl (C=O) groups excluding carboxylic acids is 2. The molecule has 142 valence electrons. The summed E-state index contributed by atoms with van der Waals surface area (Å²) in [6, 6.07) is 9.99. The van der Waals surface area contributed by atoms with Crippen LogP contribution >= 0.6 is 0 Å². The first-order valence-electron chi connectivity index (χ1n) is 9.51. The maximum Gasteiger partial charge on any atom is 0.271 e. The first kappa shape index (κ1) is 17.7. The summed E-state index contributed by atoms with van der Waals surface area (Å²) < 4.78 is 1.62. The van der Waals surface area contributed by atoms with Gasteiger partial charge >= 0.3 is 0 Å². The normalized spacial score (nSPS) is 17.7. The van der Waals surface area contributed by atoms with E-state index in [0.717, 1.165) is 44.6 Å². The highest BCUT2D eigenvalue weighted by Gasteiger charge is 2.28. The topological polar surface area (TPSA) is 70.5 Å². The molecule has 1 saturated heterocycles. The number of anilines is 1. The van der Waals surface area contributed by atoms with E-state index in [4.69, 9.17) is 0 Å². The smallest absolute Gasteiger partial charge is 0.271 e. The van der Waals surface area contributed by atoms with Gasteiger partial charge in [-0.1, -0.05) is 18.2 Å². The van der Waals surface area contributed by atoms with Gasteiger partial charge in [0.2, 0.25) is 5.91 Å². The van der Waals surface area contributed by atoms with Crippen LogP contribution in [0.25, 0.3) is 0 Å². The van der Waals surface area contributed by atoms with E-state index in [2.05, 4.69) is 21.4 Å². The first-order valence-corrected chi connectivity index (χ1v) is 9.51. The second-order valence-corrected chi connectivity index (χ2v) is 7.32. The predicted molar refractivity (Wildman–Crippen MR) is 103 cm³/mol. The molecule has 0 spiro atoms. The molecule has 0 aliphatic carbocycles. The lowest BCUT2D eigenvalue weighted by Crippen LogP contribution is -2.48. The van der Waals surface area contributed by atoms with E-state index in [9.17, 15) is 9.59 Å². The van der Waals surface area contributed by atoms with Gasteiger partial charge in [-0.05, 0) is 37.0 Å². The fourth-order valence-corrected chi connectivity index (χ4v) is 3.90. The summed E-state index contributed by atoms with van der Waals surface area (Å²) in [5, 5.41) is 7.19. The molecule has 2 aromatic rings. The summed E-state index contributed by atoms with van der Waals surface area (Å²) in [5.74, 6) is 0.0368. The zero-order chi connectivity index (χ0) is 18.8. The lowest BCUT2D eigenvalue weighted by atomic mass is 10.0. The van der Waals surface area contributed by atoms with Crippen LogP contribution in [0.2, 0.25) is 0 Å². The van der Waals surface area contributed by atoms with Crippen molar-refractivity contribution < 1.29 is 9.59 Å². The zero-order valence-corrected chi connectivity index (χ0v) is 15.6. The molecule has 4 rings (SSSR count). The van der Waals surface area contributed by atoms with Gasteiger partial charge in [0.25, 0.3) is 5.91 Å². The van der Waals surface area contributed by atoms with Crippen molar-refractivity contribution in [3.05, 3.63) is 47.8 Å². The zero-order valence-electron chi connectivity index (χ0n) is 15.6. The molecule has 27 heavy (non-hydrogen) atoms. The maximum atomic E-state index is 12.7. The number of amides is 2. The van der Waals surface area contributed by atoms with Gasteiger partial charge in [0, 0.05) is 44.6 Å². The number of nitrogens with one attached hydrogen (secondary N) is 1. The van der Waals surface area contributed by atoms with Crippen LogP contribution in [0, 0.1) is 0 Å². The number of para-hydroxylation sites is 1. The van der Waals surface area contributed by atoms with Crippen molar-refractivity contribution >= 4 is 17.5 Å². The van der Waals surface area contributed by atoms with Gasteiger partial charge in [0.1, 0.15) is 5.69 Å². The Labute approximate surface area is 158 Å². The number of hydrogen-bond donors (Lipinski definition) is 1. The van der Waals surface area contributed by atoms with E-state index in [0.29, 0.717) is 12.2 Å². The molecule has 7 heteroatoms. The SMILES string of the molecule is Cn1ccc(C(=O)NC2CCN(CC(=O)N3CCc4ccccc43)CC2)n1. The fourth-order valence-electron chi connectivity index (χ4n) is 3.90. The first-order chi connectivity index (χ1) is 13.1. The number of fused-ring (bicyclic) bond motifs is 1. The Hall–Kier alpha value is -2.67.